The van der Waals surface area contributed by atoms with Crippen LogP contribution in [0.2, 0.25) is 0 Å². The van der Waals surface area contributed by atoms with Crippen LogP contribution in [0.1, 0.15) is 57.6 Å². The molecule has 0 saturated carbocycles. The van der Waals surface area contributed by atoms with Gasteiger partial charge in [0.15, 0.2) is 30.5 Å². The average molecular weight is 1380 g/mol. The van der Waals surface area contributed by atoms with Gasteiger partial charge >= 0.3 is 11.9 Å². The van der Waals surface area contributed by atoms with Crippen LogP contribution in [0.4, 0.5) is 0 Å². The van der Waals surface area contributed by atoms with Gasteiger partial charge in [0.05, 0.1) is 37.9 Å². The Morgan fingerprint density at radius 1 is 0.701 bits per heavy atom. The van der Waals surface area contributed by atoms with E-state index >= 15 is 0 Å². The highest BCUT2D eigenvalue weighted by Gasteiger charge is 2.55. The number of ether oxygens (including phenoxy) is 7. The van der Waals surface area contributed by atoms with Crippen LogP contribution in [0, 0.1) is 16.7 Å². The monoisotopic (exact) mass is 1380 g/mol. The fraction of sp³-hybridized carbons (Fsp3) is 0.650. The van der Waals surface area contributed by atoms with E-state index in [1.807, 2.05) is 13.8 Å². The van der Waals surface area contributed by atoms with E-state index < -0.39 is 233 Å². The first-order valence-corrected chi connectivity index (χ1v) is 31.3. The first-order chi connectivity index (χ1) is 46.0. The minimum Gasteiger partial charge on any atom is -0.463 e. The molecule has 2 aromatic rings. The van der Waals surface area contributed by atoms with Crippen LogP contribution < -0.4 is 47.7 Å². The zero-order chi connectivity index (χ0) is 71.3. The van der Waals surface area contributed by atoms with Gasteiger partial charge in [0.2, 0.25) is 36.2 Å². The summed E-state index contributed by atoms with van der Waals surface area (Å²) in [6.07, 6.45) is -30.1. The molecule has 2 aromatic carbocycles. The van der Waals surface area contributed by atoms with Gasteiger partial charge in [0, 0.05) is 38.8 Å². The van der Waals surface area contributed by atoms with Crippen LogP contribution >= 0.6 is 0 Å². The molecule has 37 nitrogen and oxygen atoms in total. The van der Waals surface area contributed by atoms with Gasteiger partial charge < -0.3 is 142 Å². The van der Waals surface area contributed by atoms with Crippen molar-refractivity contribution in [3.8, 4) is 5.75 Å². The third-order valence-corrected chi connectivity index (χ3v) is 17.2. The second kappa shape index (κ2) is 34.9. The first-order valence-electron chi connectivity index (χ1n) is 31.3. The van der Waals surface area contributed by atoms with Crippen LogP contribution in [0.5, 0.6) is 5.75 Å². The number of aliphatic hydroxyl groups is 12. The molecule has 4 amide bonds. The Morgan fingerprint density at radius 3 is 1.95 bits per heavy atom. The van der Waals surface area contributed by atoms with E-state index in [0.717, 1.165) is 11.8 Å². The molecule has 25 unspecified atom stereocenters. The Hall–Kier alpha value is -7.41. The van der Waals surface area contributed by atoms with Crippen molar-refractivity contribution in [3.05, 3.63) is 65.7 Å². The summed E-state index contributed by atoms with van der Waals surface area (Å²) >= 11 is 0. The quantitative estimate of drug-likeness (QED) is 0.0312. The maximum atomic E-state index is 15.0. The molecule has 0 spiro atoms. The number of carbonyl (C=O) groups is 6. The molecular formula is C60H88N11O26. The fourth-order valence-corrected chi connectivity index (χ4v) is 11.4. The summed E-state index contributed by atoms with van der Waals surface area (Å²) in [6, 6.07) is 1.71. The summed E-state index contributed by atoms with van der Waals surface area (Å²) in [4.78, 5) is 95.4. The van der Waals surface area contributed by atoms with Crippen LogP contribution in [0.3, 0.4) is 0 Å². The predicted octanol–water partition coefficient (Wildman–Crippen LogP) is -9.81. The predicted molar refractivity (Wildman–Crippen MR) is 328 cm³/mol. The normalized spacial score (nSPS) is 31.3. The number of benzene rings is 2. The Labute approximate surface area is 555 Å². The fourth-order valence-electron chi connectivity index (χ4n) is 11.4. The third-order valence-electron chi connectivity index (χ3n) is 17.2. The number of rotatable bonds is 31. The van der Waals surface area contributed by atoms with Crippen molar-refractivity contribution < 1.29 is 128 Å². The van der Waals surface area contributed by atoms with Gasteiger partial charge in [0.25, 0.3) is 0 Å². The summed E-state index contributed by atoms with van der Waals surface area (Å²) in [7, 11) is 0. The number of aliphatic hydroxyl groups excluding tert-OH is 12. The topological polar surface area (TPSA) is 588 Å². The van der Waals surface area contributed by atoms with E-state index in [9.17, 15) is 94.8 Å². The van der Waals surface area contributed by atoms with Gasteiger partial charge in [-0.1, -0.05) is 63.2 Å². The summed E-state index contributed by atoms with van der Waals surface area (Å²) in [6.45, 7) is 2.27. The minimum atomic E-state index is -2.30. The first kappa shape index (κ1) is 76.9. The van der Waals surface area contributed by atoms with Gasteiger partial charge in [-0.05, 0) is 35.6 Å². The van der Waals surface area contributed by atoms with E-state index in [-0.39, 0.29) is 36.2 Å². The Balaban J connectivity index is 1.13. The molecule has 0 bridgehead atoms. The number of nitrogens with zero attached hydrogens (tertiary/aromatic N) is 1. The smallest absolute Gasteiger partial charge is 0.306 e. The lowest BCUT2D eigenvalue weighted by Gasteiger charge is -2.46. The molecule has 97 heavy (non-hydrogen) atoms. The molecule has 5 fully saturated rings. The third kappa shape index (κ3) is 19.1. The van der Waals surface area contributed by atoms with Crippen molar-refractivity contribution in [1.82, 2.24) is 42.1 Å². The van der Waals surface area contributed by atoms with Gasteiger partial charge in [-0.2, -0.15) is 0 Å². The van der Waals surface area contributed by atoms with Gasteiger partial charge in [0.1, 0.15) is 116 Å². The lowest BCUT2D eigenvalue weighted by atomic mass is 9.93. The minimum absolute atomic E-state index is 0.0722. The molecular weight excluding hydrogens is 1290 g/mol. The molecule has 0 aromatic heterocycles. The summed E-state index contributed by atoms with van der Waals surface area (Å²) in [5, 5.41) is 166. The molecule has 37 heteroatoms. The van der Waals surface area contributed by atoms with E-state index in [1.54, 1.807) is 37.3 Å². The van der Waals surface area contributed by atoms with E-state index in [0.29, 0.717) is 12.0 Å². The average Bonchev–Trinajstić information content (AvgIpc) is 1.74. The zero-order valence-corrected chi connectivity index (χ0v) is 53.2. The Bertz CT molecular complexity index is 3000. The van der Waals surface area contributed by atoms with E-state index in [4.69, 9.17) is 49.7 Å². The summed E-state index contributed by atoms with van der Waals surface area (Å²) in [5.74, 6) is -8.11. The lowest BCUT2D eigenvalue weighted by molar-refractivity contribution is -0.353. The maximum Gasteiger partial charge on any atom is 0.306 e. The van der Waals surface area contributed by atoms with Gasteiger partial charge in [-0.15, -0.1) is 0 Å². The summed E-state index contributed by atoms with van der Waals surface area (Å²) < 4.78 is 39.5. The van der Waals surface area contributed by atoms with Crippen molar-refractivity contribution >= 4 is 53.8 Å². The lowest BCUT2D eigenvalue weighted by Crippen LogP contribution is -2.69. The largest absolute Gasteiger partial charge is 0.463 e. The molecule has 539 valence electrons. The number of nitrogens with two attached hydrogens (primary N) is 1. The van der Waals surface area contributed by atoms with Crippen LogP contribution in [-0.4, -0.2) is 306 Å². The summed E-state index contributed by atoms with van der Waals surface area (Å²) in [5.41, 5.74) is 7.38. The molecule has 5 aliphatic rings. The number of hydrogen-bond donors (Lipinski definition) is 22. The molecule has 1 radical (unpaired) electrons. The number of carbonyl (C=O) groups excluding carboxylic acids is 7. The van der Waals surface area contributed by atoms with Gasteiger partial charge in [-0.3, -0.25) is 44.4 Å². The van der Waals surface area contributed by atoms with Crippen molar-refractivity contribution in [3.63, 3.8) is 0 Å². The number of esters is 2. The van der Waals surface area contributed by atoms with Crippen LogP contribution in [0.15, 0.2) is 54.6 Å². The molecule has 25 atom stereocenters. The number of nitrogens with one attached hydrogen (secondary N) is 9. The standard InChI is InChI=1S/C60H88N11O26/c1-24(2)10-15-37(77)96-51-44(81)36(23-91-26(4)76)95-58(49(51)86)97-50-35(22-75)94-57(48(85)46(50)83)92-30-13-11-27(12-14-30)16-31(67-53(88)38(61)25(3)28-8-6-5-7-9-28)52(87)69-39(41(78)32-17-64-59(62)68-32)55(90)70-40(54(89)66-29(19-72)20-73)42(79)33-18-65-60(63)71(33)56-47(84)45(82)43(80)34(21-74)93-56/h5-9,11-14,24-25,29,31-36,38-51,56-58,72,74-75,78-86H,10,15-19,21-23,61H2,1-4H3,(H2,63,65)(H,66,89)(H,67,88)(H,69,87)(H,70,90)(H3,62,64,68). The SMILES string of the molecule is CC(=O)OCC1OC(OC2C(CO)OC(Oc3ccc(CC(NC(=O)C(N)C(C)c4ccccc4)C(=O)NC(C(=O)NC(C(=O)NC([C]=O)CO)C(O)C4CNC(=N)N4C4OC(CO)C(O)C(O)C4O)C(O)C4CNC(=N)N4)cc3)C(O)C2O)C(O)C(OC(=O)CCC(C)C)C1O. The highest BCUT2D eigenvalue weighted by Crippen LogP contribution is 2.33. The van der Waals surface area contributed by atoms with Crippen molar-refractivity contribution in [1.29, 1.82) is 10.8 Å². The number of hydrogen-bond acceptors (Lipinski definition) is 29. The molecule has 5 aliphatic heterocycles. The highest BCUT2D eigenvalue weighted by atomic mass is 16.7. The maximum absolute atomic E-state index is 15.0. The van der Waals surface area contributed by atoms with Crippen molar-refractivity contribution in [2.75, 3.05) is 39.5 Å². The van der Waals surface area contributed by atoms with Gasteiger partial charge in [-0.25, -0.2) is 0 Å². The Morgan fingerprint density at radius 2 is 1.34 bits per heavy atom. The van der Waals surface area contributed by atoms with Crippen molar-refractivity contribution in [2.45, 2.75) is 199 Å². The molecule has 7 rings (SSSR count). The van der Waals surface area contributed by atoms with Crippen molar-refractivity contribution in [2.24, 2.45) is 11.7 Å². The van der Waals surface area contributed by atoms with Crippen LogP contribution in [-0.2, 0) is 68.4 Å². The molecule has 5 saturated heterocycles. The molecule has 0 aliphatic carbocycles. The molecule has 23 N–H and O–H groups in total. The number of amides is 4. The van der Waals surface area contributed by atoms with E-state index in [2.05, 4.69) is 37.2 Å². The van der Waals surface area contributed by atoms with Crippen LogP contribution in [0.25, 0.3) is 0 Å². The zero-order valence-electron chi connectivity index (χ0n) is 53.2. The van der Waals surface area contributed by atoms with E-state index in [1.165, 1.54) is 30.6 Å². The molecule has 5 heterocycles. The number of guanidine groups is 2. The second-order valence-electron chi connectivity index (χ2n) is 24.5. The Kier molecular flexibility index (Phi) is 27.7. The highest BCUT2D eigenvalue weighted by molar-refractivity contribution is 5.96. The second-order valence-corrected chi connectivity index (χ2v) is 24.5.